The smallest absolute Gasteiger partial charge is 0.199 e. The standard InChI is InChI=1S/C24H28N4OS/c1-4-14-27-23(16-29-20-10-7-8-18(2)15-20)25-28(24(27)30)17-26(3)22-13-12-19-9-5-6-11-21(19)22/h4-11,15,22H,1,12-14,16-17H2,2-3H3. The largest absolute Gasteiger partial charge is 0.486 e. The Morgan fingerprint density at radius 1 is 1.27 bits per heavy atom. The second kappa shape index (κ2) is 8.98. The fourth-order valence-corrected chi connectivity index (χ4v) is 4.43. The van der Waals surface area contributed by atoms with Gasteiger partial charge in [0.25, 0.3) is 0 Å². The molecule has 0 fully saturated rings. The van der Waals surface area contributed by atoms with E-state index in [4.69, 9.17) is 22.1 Å². The molecule has 0 aliphatic heterocycles. The zero-order valence-electron chi connectivity index (χ0n) is 17.6. The maximum Gasteiger partial charge on any atom is 0.199 e. The Bertz CT molecular complexity index is 1100. The van der Waals surface area contributed by atoms with Crippen molar-refractivity contribution in [3.05, 3.63) is 88.5 Å². The lowest BCUT2D eigenvalue weighted by Crippen LogP contribution is -2.26. The van der Waals surface area contributed by atoms with Crippen molar-refractivity contribution in [1.82, 2.24) is 19.2 Å². The molecule has 30 heavy (non-hydrogen) atoms. The summed E-state index contributed by atoms with van der Waals surface area (Å²) in [6.07, 6.45) is 4.09. The number of allylic oxidation sites excluding steroid dienone is 1. The van der Waals surface area contributed by atoms with Gasteiger partial charge in [-0.2, -0.15) is 5.10 Å². The highest BCUT2D eigenvalue weighted by Gasteiger charge is 2.26. The molecule has 1 aromatic heterocycles. The second-order valence-corrected chi connectivity index (χ2v) is 8.22. The molecule has 1 aliphatic rings. The molecule has 0 saturated heterocycles. The van der Waals surface area contributed by atoms with Crippen LogP contribution in [0.3, 0.4) is 0 Å². The highest BCUT2D eigenvalue weighted by molar-refractivity contribution is 7.71. The van der Waals surface area contributed by atoms with Gasteiger partial charge in [-0.25, -0.2) is 4.68 Å². The van der Waals surface area contributed by atoms with Gasteiger partial charge < -0.3 is 4.74 Å². The summed E-state index contributed by atoms with van der Waals surface area (Å²) in [6.45, 7) is 7.54. The van der Waals surface area contributed by atoms with Crippen molar-refractivity contribution in [2.45, 2.75) is 45.6 Å². The highest BCUT2D eigenvalue weighted by atomic mass is 32.1. The van der Waals surface area contributed by atoms with Gasteiger partial charge in [0.1, 0.15) is 12.4 Å². The van der Waals surface area contributed by atoms with Crippen LogP contribution in [0, 0.1) is 11.7 Å². The minimum atomic E-state index is 0.365. The number of fused-ring (bicyclic) bond motifs is 1. The molecule has 1 heterocycles. The van der Waals surface area contributed by atoms with Crippen LogP contribution in [0.1, 0.15) is 35.0 Å². The maximum absolute atomic E-state index is 5.99. The molecule has 2 aromatic carbocycles. The summed E-state index contributed by atoms with van der Waals surface area (Å²) < 4.78 is 10.6. The van der Waals surface area contributed by atoms with E-state index in [-0.39, 0.29) is 0 Å². The molecule has 0 spiro atoms. The van der Waals surface area contributed by atoms with E-state index in [0.29, 0.717) is 30.6 Å². The monoisotopic (exact) mass is 420 g/mol. The van der Waals surface area contributed by atoms with Crippen molar-refractivity contribution in [1.29, 1.82) is 0 Å². The van der Waals surface area contributed by atoms with E-state index in [2.05, 4.69) is 55.8 Å². The van der Waals surface area contributed by atoms with Crippen LogP contribution in [-0.2, 0) is 26.2 Å². The molecule has 1 unspecified atom stereocenters. The molecule has 0 saturated carbocycles. The lowest BCUT2D eigenvalue weighted by atomic mass is 10.1. The Hall–Kier alpha value is -2.70. The van der Waals surface area contributed by atoms with Gasteiger partial charge in [0.2, 0.25) is 0 Å². The zero-order chi connectivity index (χ0) is 21.1. The minimum Gasteiger partial charge on any atom is -0.486 e. The quantitative estimate of drug-likeness (QED) is 0.377. The third-order valence-corrected chi connectivity index (χ3v) is 6.09. The Balaban J connectivity index is 1.53. The SMILES string of the molecule is C=CCn1c(COc2cccc(C)c2)nn(CN(C)C2CCc3ccccc32)c1=S. The molecule has 3 aromatic rings. The number of benzene rings is 2. The van der Waals surface area contributed by atoms with Crippen molar-refractivity contribution in [3.63, 3.8) is 0 Å². The van der Waals surface area contributed by atoms with E-state index in [1.807, 2.05) is 33.5 Å². The summed E-state index contributed by atoms with van der Waals surface area (Å²) in [7, 11) is 2.14. The van der Waals surface area contributed by atoms with E-state index in [1.165, 1.54) is 16.7 Å². The van der Waals surface area contributed by atoms with Crippen LogP contribution in [0.25, 0.3) is 0 Å². The maximum atomic E-state index is 5.99. The van der Waals surface area contributed by atoms with Gasteiger partial charge in [-0.3, -0.25) is 9.47 Å². The predicted octanol–water partition coefficient (Wildman–Crippen LogP) is 5.06. The van der Waals surface area contributed by atoms with Gasteiger partial charge in [-0.15, -0.1) is 6.58 Å². The topological polar surface area (TPSA) is 35.2 Å². The van der Waals surface area contributed by atoms with Crippen molar-refractivity contribution in [2.24, 2.45) is 0 Å². The summed E-state index contributed by atoms with van der Waals surface area (Å²) in [5.74, 6) is 1.64. The third kappa shape index (κ3) is 4.25. The van der Waals surface area contributed by atoms with Gasteiger partial charge in [-0.05, 0) is 67.9 Å². The van der Waals surface area contributed by atoms with Crippen molar-refractivity contribution >= 4 is 12.2 Å². The van der Waals surface area contributed by atoms with Crippen molar-refractivity contribution < 1.29 is 4.74 Å². The Kier molecular flexibility index (Phi) is 6.16. The molecule has 156 valence electrons. The van der Waals surface area contributed by atoms with E-state index in [0.717, 1.165) is 24.4 Å². The van der Waals surface area contributed by atoms with Crippen LogP contribution in [0.4, 0.5) is 0 Å². The van der Waals surface area contributed by atoms with E-state index >= 15 is 0 Å². The Labute approximate surface area is 183 Å². The van der Waals surface area contributed by atoms with Gasteiger partial charge in [0.05, 0.1) is 6.67 Å². The lowest BCUT2D eigenvalue weighted by Gasteiger charge is -2.24. The molecular formula is C24H28N4OS. The first-order valence-electron chi connectivity index (χ1n) is 10.3. The van der Waals surface area contributed by atoms with Gasteiger partial charge in [-0.1, -0.05) is 42.5 Å². The molecule has 0 N–H and O–H groups in total. The molecule has 1 aliphatic carbocycles. The molecule has 4 rings (SSSR count). The molecule has 0 amide bonds. The first-order valence-corrected chi connectivity index (χ1v) is 10.7. The molecule has 1 atom stereocenters. The summed E-state index contributed by atoms with van der Waals surface area (Å²) in [6, 6.07) is 17.1. The summed E-state index contributed by atoms with van der Waals surface area (Å²) in [5, 5.41) is 4.79. The van der Waals surface area contributed by atoms with Crippen LogP contribution in [0.15, 0.2) is 61.2 Å². The van der Waals surface area contributed by atoms with E-state index < -0.39 is 0 Å². The van der Waals surface area contributed by atoms with Gasteiger partial charge >= 0.3 is 0 Å². The average Bonchev–Trinajstić information content (AvgIpc) is 3.29. The summed E-state index contributed by atoms with van der Waals surface area (Å²) in [5.41, 5.74) is 4.03. The number of nitrogens with zero attached hydrogens (tertiary/aromatic N) is 4. The number of hydrogen-bond acceptors (Lipinski definition) is 4. The Morgan fingerprint density at radius 2 is 2.10 bits per heavy atom. The fourth-order valence-electron chi connectivity index (χ4n) is 4.15. The predicted molar refractivity (Wildman–Crippen MR) is 122 cm³/mol. The van der Waals surface area contributed by atoms with E-state index in [1.54, 1.807) is 0 Å². The molecular weight excluding hydrogens is 392 g/mol. The number of rotatable bonds is 8. The normalized spacial score (nSPS) is 15.4. The van der Waals surface area contributed by atoms with Crippen LogP contribution in [0.5, 0.6) is 5.75 Å². The van der Waals surface area contributed by atoms with Gasteiger partial charge in [0.15, 0.2) is 10.6 Å². The van der Waals surface area contributed by atoms with Gasteiger partial charge in [0, 0.05) is 12.6 Å². The Morgan fingerprint density at radius 3 is 2.90 bits per heavy atom. The molecule has 6 heteroatoms. The molecule has 0 radical (unpaired) electrons. The van der Waals surface area contributed by atoms with Crippen molar-refractivity contribution in [3.8, 4) is 5.75 Å². The van der Waals surface area contributed by atoms with Crippen molar-refractivity contribution in [2.75, 3.05) is 7.05 Å². The number of ether oxygens (including phenoxy) is 1. The number of hydrogen-bond donors (Lipinski definition) is 0. The molecule has 5 nitrogen and oxygen atoms in total. The lowest BCUT2D eigenvalue weighted by molar-refractivity contribution is 0.181. The summed E-state index contributed by atoms with van der Waals surface area (Å²) in [4.78, 5) is 2.33. The number of aromatic nitrogens is 3. The highest BCUT2D eigenvalue weighted by Crippen LogP contribution is 2.34. The van der Waals surface area contributed by atoms with Crippen LogP contribution in [0.2, 0.25) is 0 Å². The average molecular weight is 421 g/mol. The third-order valence-electron chi connectivity index (χ3n) is 5.66. The first kappa shape index (κ1) is 20.6. The summed E-state index contributed by atoms with van der Waals surface area (Å²) >= 11 is 5.73. The second-order valence-electron chi connectivity index (χ2n) is 7.85. The molecule has 0 bridgehead atoms. The fraction of sp³-hybridized carbons (Fsp3) is 0.333. The van der Waals surface area contributed by atoms with E-state index in [9.17, 15) is 0 Å². The zero-order valence-corrected chi connectivity index (χ0v) is 18.4. The minimum absolute atomic E-state index is 0.365. The number of aryl methyl sites for hydroxylation is 2. The first-order chi connectivity index (χ1) is 14.6. The van der Waals surface area contributed by atoms with Crippen LogP contribution < -0.4 is 4.74 Å². The van der Waals surface area contributed by atoms with Crippen LogP contribution in [-0.4, -0.2) is 26.3 Å². The van der Waals surface area contributed by atoms with Crippen LogP contribution >= 0.6 is 12.2 Å².